The monoisotopic (exact) mass is 412 g/mol. The standard InChI is InChI=1S/C21H21ClN4O3/c1-25-9-6-10-26(20-19(25)23-15-7-4-5-8-16(15)24-20)21(27)13-11-14(22)18(29-3)17(12-13)28-2/h4-5,7-8,11-12H,6,9-10H2,1-3H3. The molecule has 0 radical (unpaired) electrons. The van der Waals surface area contributed by atoms with E-state index < -0.39 is 0 Å². The molecule has 150 valence electrons. The summed E-state index contributed by atoms with van der Waals surface area (Å²) < 4.78 is 10.6. The topological polar surface area (TPSA) is 67.8 Å². The predicted molar refractivity (Wildman–Crippen MR) is 114 cm³/mol. The number of benzene rings is 2. The van der Waals surface area contributed by atoms with Gasteiger partial charge >= 0.3 is 0 Å². The quantitative estimate of drug-likeness (QED) is 0.652. The zero-order valence-electron chi connectivity index (χ0n) is 16.5. The van der Waals surface area contributed by atoms with Crippen molar-refractivity contribution >= 4 is 40.2 Å². The molecule has 0 aliphatic carbocycles. The Morgan fingerprint density at radius 3 is 2.38 bits per heavy atom. The van der Waals surface area contributed by atoms with E-state index in [9.17, 15) is 4.79 Å². The maximum Gasteiger partial charge on any atom is 0.259 e. The van der Waals surface area contributed by atoms with Gasteiger partial charge in [0.15, 0.2) is 23.1 Å². The van der Waals surface area contributed by atoms with Crippen molar-refractivity contribution in [2.24, 2.45) is 0 Å². The maximum atomic E-state index is 13.5. The summed E-state index contributed by atoms with van der Waals surface area (Å²) in [5.74, 6) is 1.81. The van der Waals surface area contributed by atoms with Crippen LogP contribution in [0.25, 0.3) is 11.0 Å². The first-order chi connectivity index (χ1) is 14.0. The van der Waals surface area contributed by atoms with Gasteiger partial charge in [-0.1, -0.05) is 23.7 Å². The summed E-state index contributed by atoms with van der Waals surface area (Å²) in [4.78, 5) is 26.7. The molecule has 8 heteroatoms. The molecule has 3 aromatic rings. The van der Waals surface area contributed by atoms with Crippen LogP contribution in [0.2, 0.25) is 5.02 Å². The van der Waals surface area contributed by atoms with Gasteiger partial charge in [-0.3, -0.25) is 9.69 Å². The Kier molecular flexibility index (Phi) is 5.15. The van der Waals surface area contributed by atoms with Gasteiger partial charge in [-0.05, 0) is 30.7 Å². The number of carbonyl (C=O) groups excluding carboxylic acids is 1. The van der Waals surface area contributed by atoms with E-state index in [1.54, 1.807) is 17.0 Å². The molecule has 7 nitrogen and oxygen atoms in total. The van der Waals surface area contributed by atoms with Gasteiger partial charge in [0.05, 0.1) is 30.3 Å². The van der Waals surface area contributed by atoms with Crippen LogP contribution < -0.4 is 19.3 Å². The van der Waals surface area contributed by atoms with Gasteiger partial charge in [0.2, 0.25) is 0 Å². The molecule has 4 rings (SSSR count). The third-order valence-corrected chi connectivity index (χ3v) is 5.23. The first kappa shape index (κ1) is 19.3. The van der Waals surface area contributed by atoms with Crippen molar-refractivity contribution in [1.82, 2.24) is 9.97 Å². The van der Waals surface area contributed by atoms with Gasteiger partial charge in [0, 0.05) is 25.7 Å². The third-order valence-electron chi connectivity index (χ3n) is 4.95. The van der Waals surface area contributed by atoms with Crippen molar-refractivity contribution in [2.45, 2.75) is 6.42 Å². The van der Waals surface area contributed by atoms with E-state index >= 15 is 0 Å². The summed E-state index contributed by atoms with van der Waals surface area (Å²) in [6.45, 7) is 1.30. The molecule has 0 spiro atoms. The van der Waals surface area contributed by atoms with Gasteiger partial charge in [-0.2, -0.15) is 0 Å². The van der Waals surface area contributed by atoms with E-state index in [2.05, 4.69) is 0 Å². The summed E-state index contributed by atoms with van der Waals surface area (Å²) in [6.07, 6.45) is 0.789. The number of hydrogen-bond acceptors (Lipinski definition) is 6. The van der Waals surface area contributed by atoms with E-state index in [1.807, 2.05) is 36.2 Å². The summed E-state index contributed by atoms with van der Waals surface area (Å²) in [6, 6.07) is 10.9. The van der Waals surface area contributed by atoms with Crippen LogP contribution in [-0.2, 0) is 0 Å². The number of rotatable bonds is 3. The Balaban J connectivity index is 1.83. The number of ether oxygens (including phenoxy) is 2. The van der Waals surface area contributed by atoms with Crippen molar-refractivity contribution in [3.05, 3.63) is 47.0 Å². The first-order valence-electron chi connectivity index (χ1n) is 9.24. The second-order valence-electron chi connectivity index (χ2n) is 6.79. The minimum absolute atomic E-state index is 0.214. The Labute approximate surface area is 173 Å². The zero-order valence-corrected chi connectivity index (χ0v) is 17.2. The molecule has 29 heavy (non-hydrogen) atoms. The zero-order chi connectivity index (χ0) is 20.5. The van der Waals surface area contributed by atoms with Gasteiger partial charge in [-0.15, -0.1) is 0 Å². The molecule has 0 unspecified atom stereocenters. The van der Waals surface area contributed by atoms with Crippen molar-refractivity contribution in [3.63, 3.8) is 0 Å². The summed E-state index contributed by atoms with van der Waals surface area (Å²) in [5, 5.41) is 0.312. The molecule has 1 amide bonds. The number of fused-ring (bicyclic) bond motifs is 2. The van der Waals surface area contributed by atoms with Crippen molar-refractivity contribution in [2.75, 3.05) is 44.2 Å². The number of carbonyl (C=O) groups is 1. The van der Waals surface area contributed by atoms with Gasteiger partial charge < -0.3 is 14.4 Å². The van der Waals surface area contributed by atoms with E-state index in [4.69, 9.17) is 31.0 Å². The second kappa shape index (κ2) is 7.75. The summed E-state index contributed by atoms with van der Waals surface area (Å²) >= 11 is 6.32. The molecule has 0 bridgehead atoms. The minimum atomic E-state index is -0.214. The van der Waals surface area contributed by atoms with E-state index in [1.165, 1.54) is 14.2 Å². The third kappa shape index (κ3) is 3.42. The average molecular weight is 413 g/mol. The molecule has 2 aromatic carbocycles. The van der Waals surface area contributed by atoms with Gasteiger partial charge in [-0.25, -0.2) is 9.97 Å². The molecule has 0 atom stereocenters. The van der Waals surface area contributed by atoms with Crippen LogP contribution >= 0.6 is 11.6 Å². The summed E-state index contributed by atoms with van der Waals surface area (Å²) in [7, 11) is 4.98. The lowest BCUT2D eigenvalue weighted by Crippen LogP contribution is -2.32. The normalized spacial score (nSPS) is 13.8. The van der Waals surface area contributed by atoms with Crippen molar-refractivity contribution in [3.8, 4) is 11.5 Å². The lowest BCUT2D eigenvalue weighted by molar-refractivity contribution is 0.0986. The van der Waals surface area contributed by atoms with E-state index in [-0.39, 0.29) is 5.91 Å². The highest BCUT2D eigenvalue weighted by molar-refractivity contribution is 6.32. The molecule has 0 N–H and O–H groups in total. The smallest absolute Gasteiger partial charge is 0.259 e. The van der Waals surface area contributed by atoms with Crippen molar-refractivity contribution in [1.29, 1.82) is 0 Å². The van der Waals surface area contributed by atoms with Crippen LogP contribution in [0.1, 0.15) is 16.8 Å². The van der Waals surface area contributed by atoms with Crippen LogP contribution in [0.4, 0.5) is 11.6 Å². The molecular formula is C21H21ClN4O3. The molecule has 1 aliphatic heterocycles. The Morgan fingerprint density at radius 1 is 1.03 bits per heavy atom. The lowest BCUT2D eigenvalue weighted by atomic mass is 10.1. The number of methoxy groups -OCH3 is 2. The molecule has 0 saturated carbocycles. The number of halogens is 1. The number of anilines is 2. The molecule has 1 aliphatic rings. The fourth-order valence-electron chi connectivity index (χ4n) is 3.49. The number of para-hydroxylation sites is 2. The highest BCUT2D eigenvalue weighted by atomic mass is 35.5. The number of nitrogens with zero attached hydrogens (tertiary/aromatic N) is 4. The van der Waals surface area contributed by atoms with Crippen LogP contribution in [0.15, 0.2) is 36.4 Å². The first-order valence-corrected chi connectivity index (χ1v) is 9.62. The molecule has 0 fully saturated rings. The van der Waals surface area contributed by atoms with Crippen LogP contribution in [0.3, 0.4) is 0 Å². The largest absolute Gasteiger partial charge is 0.493 e. The summed E-state index contributed by atoms with van der Waals surface area (Å²) in [5.41, 5.74) is 1.93. The highest BCUT2D eigenvalue weighted by Crippen LogP contribution is 2.37. The Morgan fingerprint density at radius 2 is 1.72 bits per heavy atom. The molecule has 1 aromatic heterocycles. The lowest BCUT2D eigenvalue weighted by Gasteiger charge is -2.23. The maximum absolute atomic E-state index is 13.5. The SMILES string of the molecule is COc1cc(C(=O)N2CCCN(C)c3nc4ccccc4nc32)cc(Cl)c1OC. The minimum Gasteiger partial charge on any atom is -0.493 e. The van der Waals surface area contributed by atoms with Crippen LogP contribution in [-0.4, -0.2) is 50.2 Å². The highest BCUT2D eigenvalue weighted by Gasteiger charge is 2.28. The fraction of sp³-hybridized carbons (Fsp3) is 0.286. The van der Waals surface area contributed by atoms with Crippen LogP contribution in [0.5, 0.6) is 11.5 Å². The fourth-order valence-corrected chi connectivity index (χ4v) is 3.78. The second-order valence-corrected chi connectivity index (χ2v) is 7.19. The average Bonchev–Trinajstić information content (AvgIpc) is 2.89. The number of amides is 1. The van der Waals surface area contributed by atoms with E-state index in [0.29, 0.717) is 40.3 Å². The van der Waals surface area contributed by atoms with Crippen molar-refractivity contribution < 1.29 is 14.3 Å². The number of aromatic nitrogens is 2. The van der Waals surface area contributed by atoms with Gasteiger partial charge in [0.1, 0.15) is 0 Å². The van der Waals surface area contributed by atoms with Gasteiger partial charge in [0.25, 0.3) is 5.91 Å². The Bertz CT molecular complexity index is 1090. The number of hydrogen-bond donors (Lipinski definition) is 0. The van der Waals surface area contributed by atoms with E-state index in [0.717, 1.165) is 24.0 Å². The molecular weight excluding hydrogens is 392 g/mol. The predicted octanol–water partition coefficient (Wildman–Crippen LogP) is 3.79. The molecule has 0 saturated heterocycles. The molecule has 2 heterocycles. The Hall–Kier alpha value is -3.06. The van der Waals surface area contributed by atoms with Crippen LogP contribution in [0, 0.1) is 0 Å².